The van der Waals surface area contributed by atoms with Crippen LogP contribution in [0, 0.1) is 5.92 Å². The van der Waals surface area contributed by atoms with Crippen molar-refractivity contribution in [2.24, 2.45) is 5.92 Å². The average Bonchev–Trinajstić information content (AvgIpc) is 2.79. The summed E-state index contributed by atoms with van der Waals surface area (Å²) in [6, 6.07) is 0.318. The largest absolute Gasteiger partial charge is 0.483 e. The molecule has 0 aliphatic heterocycles. The quantitative estimate of drug-likeness (QED) is 0.145. The Hall–Kier alpha value is -1.06. The number of carboxylic acid groups (broad SMARTS) is 1. The number of hydrogen-bond donors (Lipinski definition) is 2. The van der Waals surface area contributed by atoms with Crippen LogP contribution in [-0.4, -0.2) is 23.5 Å². The molecule has 4 heteroatoms. The Kier molecular flexibility index (Phi) is 45.4. The number of carbonyl (C=O) groups is 2. The zero-order valence-electron chi connectivity index (χ0n) is 24.0. The van der Waals surface area contributed by atoms with E-state index < -0.39 is 0 Å². The van der Waals surface area contributed by atoms with Crippen molar-refractivity contribution in [3.63, 3.8) is 0 Å². The first-order valence-corrected chi connectivity index (χ1v) is 14.3. The topological polar surface area (TPSA) is 66.4 Å². The third kappa shape index (κ3) is 45.2. The van der Waals surface area contributed by atoms with E-state index in [1.54, 1.807) is 0 Å². The summed E-state index contributed by atoms with van der Waals surface area (Å²) in [6.45, 7) is 16.6. The summed E-state index contributed by atoms with van der Waals surface area (Å²) in [5.41, 5.74) is 0. The van der Waals surface area contributed by atoms with Crippen LogP contribution in [0.15, 0.2) is 0 Å². The number of hydrogen-bond acceptors (Lipinski definition) is 2. The molecule has 0 spiro atoms. The standard InChI is InChI=1S/C24H49NO.2C2H6.CH2O2/c1-5-6-7-8-9-10-11-12-13-14-15-16-17-18-19-20-24(26)25-23(4)21-22(2)3;2*1-2;2-1-3/h22-23H,5-21H2,1-4H3,(H,25,26);2*1-2H3;1H,(H,2,3). The Morgan fingerprint density at radius 2 is 1.00 bits per heavy atom. The molecular formula is C29H63NO3. The van der Waals surface area contributed by atoms with Crippen LogP contribution in [0.4, 0.5) is 0 Å². The number of rotatable bonds is 19. The summed E-state index contributed by atoms with van der Waals surface area (Å²) < 4.78 is 0. The van der Waals surface area contributed by atoms with Gasteiger partial charge in [0.1, 0.15) is 0 Å². The van der Waals surface area contributed by atoms with E-state index in [1.807, 2.05) is 27.7 Å². The smallest absolute Gasteiger partial charge is 0.290 e. The van der Waals surface area contributed by atoms with E-state index in [0.29, 0.717) is 18.4 Å². The van der Waals surface area contributed by atoms with E-state index in [9.17, 15) is 4.79 Å². The van der Waals surface area contributed by atoms with Crippen molar-refractivity contribution < 1.29 is 14.7 Å². The van der Waals surface area contributed by atoms with Crippen molar-refractivity contribution in [1.29, 1.82) is 0 Å². The minimum Gasteiger partial charge on any atom is -0.483 e. The van der Waals surface area contributed by atoms with Crippen LogP contribution in [-0.2, 0) is 9.59 Å². The Labute approximate surface area is 209 Å². The van der Waals surface area contributed by atoms with Gasteiger partial charge in [-0.25, -0.2) is 0 Å². The van der Waals surface area contributed by atoms with Crippen LogP contribution in [0.5, 0.6) is 0 Å². The summed E-state index contributed by atoms with van der Waals surface area (Å²) >= 11 is 0. The Balaban J connectivity index is -0.000000537. The molecule has 33 heavy (non-hydrogen) atoms. The lowest BCUT2D eigenvalue weighted by atomic mass is 10.0. The maximum absolute atomic E-state index is 11.9. The van der Waals surface area contributed by atoms with E-state index in [4.69, 9.17) is 9.90 Å². The molecule has 1 atom stereocenters. The van der Waals surface area contributed by atoms with Crippen molar-refractivity contribution >= 4 is 12.4 Å². The Morgan fingerprint density at radius 1 is 0.697 bits per heavy atom. The molecule has 0 aliphatic carbocycles. The molecule has 0 aliphatic rings. The molecule has 2 N–H and O–H groups in total. The van der Waals surface area contributed by atoms with Gasteiger partial charge in [-0.05, 0) is 25.7 Å². The molecule has 0 rings (SSSR count). The fraction of sp³-hybridized carbons (Fsp3) is 0.931. The second-order valence-corrected chi connectivity index (χ2v) is 8.90. The molecule has 0 aromatic rings. The monoisotopic (exact) mass is 473 g/mol. The molecule has 4 nitrogen and oxygen atoms in total. The lowest BCUT2D eigenvalue weighted by molar-refractivity contribution is -0.123. The van der Waals surface area contributed by atoms with Gasteiger partial charge in [0.05, 0.1) is 0 Å². The summed E-state index contributed by atoms with van der Waals surface area (Å²) in [6.07, 6.45) is 22.3. The van der Waals surface area contributed by atoms with Crippen LogP contribution in [0.2, 0.25) is 0 Å². The van der Waals surface area contributed by atoms with Crippen molar-refractivity contribution in [1.82, 2.24) is 5.32 Å². The minimum atomic E-state index is -0.250. The molecule has 202 valence electrons. The number of unbranched alkanes of at least 4 members (excludes halogenated alkanes) is 14. The fourth-order valence-corrected chi connectivity index (χ4v) is 3.77. The lowest BCUT2D eigenvalue weighted by Gasteiger charge is -2.15. The number of amides is 1. The lowest BCUT2D eigenvalue weighted by Crippen LogP contribution is -2.33. The predicted octanol–water partition coefficient (Wildman–Crippen LogP) is 9.55. The highest BCUT2D eigenvalue weighted by Crippen LogP contribution is 2.13. The molecule has 0 saturated carbocycles. The molecule has 0 saturated heterocycles. The van der Waals surface area contributed by atoms with Gasteiger partial charge in [-0.3, -0.25) is 9.59 Å². The minimum absolute atomic E-state index is 0.243. The zero-order valence-corrected chi connectivity index (χ0v) is 24.0. The first-order valence-electron chi connectivity index (χ1n) is 14.3. The molecule has 0 aromatic heterocycles. The Bertz CT molecular complexity index is 346. The van der Waals surface area contributed by atoms with E-state index in [1.165, 1.54) is 89.9 Å². The highest BCUT2D eigenvalue weighted by molar-refractivity contribution is 5.76. The normalized spacial score (nSPS) is 10.6. The summed E-state index contributed by atoms with van der Waals surface area (Å²) in [5.74, 6) is 0.893. The highest BCUT2D eigenvalue weighted by atomic mass is 16.3. The van der Waals surface area contributed by atoms with Crippen LogP contribution in [0.1, 0.15) is 165 Å². The fourth-order valence-electron chi connectivity index (χ4n) is 3.77. The first-order chi connectivity index (χ1) is 16.0. The zero-order chi connectivity index (χ0) is 26.2. The molecule has 1 unspecified atom stereocenters. The van der Waals surface area contributed by atoms with Crippen molar-refractivity contribution in [3.05, 3.63) is 0 Å². The van der Waals surface area contributed by atoms with Gasteiger partial charge in [0.2, 0.25) is 5.91 Å². The third-order valence-electron chi connectivity index (χ3n) is 5.24. The Morgan fingerprint density at radius 3 is 1.30 bits per heavy atom. The molecule has 1 amide bonds. The maximum Gasteiger partial charge on any atom is 0.290 e. The van der Waals surface area contributed by atoms with Gasteiger partial charge >= 0.3 is 0 Å². The van der Waals surface area contributed by atoms with Crippen LogP contribution < -0.4 is 5.32 Å². The van der Waals surface area contributed by atoms with Crippen molar-refractivity contribution in [2.75, 3.05) is 0 Å². The van der Waals surface area contributed by atoms with E-state index in [-0.39, 0.29) is 12.4 Å². The summed E-state index contributed by atoms with van der Waals surface area (Å²) in [5, 5.41) is 10.0. The van der Waals surface area contributed by atoms with Crippen molar-refractivity contribution in [3.8, 4) is 0 Å². The summed E-state index contributed by atoms with van der Waals surface area (Å²) in [4.78, 5) is 20.2. The van der Waals surface area contributed by atoms with Gasteiger partial charge in [-0.15, -0.1) is 0 Å². The van der Waals surface area contributed by atoms with Crippen LogP contribution >= 0.6 is 0 Å². The number of carbonyl (C=O) groups excluding carboxylic acids is 1. The summed E-state index contributed by atoms with van der Waals surface area (Å²) in [7, 11) is 0. The second-order valence-electron chi connectivity index (χ2n) is 8.90. The highest BCUT2D eigenvalue weighted by Gasteiger charge is 2.08. The maximum atomic E-state index is 11.9. The van der Waals surface area contributed by atoms with Gasteiger partial charge in [-0.2, -0.15) is 0 Å². The van der Waals surface area contributed by atoms with Gasteiger partial charge < -0.3 is 10.4 Å². The van der Waals surface area contributed by atoms with E-state index in [2.05, 4.69) is 33.0 Å². The van der Waals surface area contributed by atoms with Crippen molar-refractivity contribution in [2.45, 2.75) is 171 Å². The molecule has 0 fully saturated rings. The molecule has 0 radical (unpaired) electrons. The molecule has 0 heterocycles. The van der Waals surface area contributed by atoms with Gasteiger partial charge in [0.25, 0.3) is 6.47 Å². The predicted molar refractivity (Wildman–Crippen MR) is 148 cm³/mol. The molecule has 0 bridgehead atoms. The van der Waals surface area contributed by atoms with Gasteiger partial charge in [0, 0.05) is 12.5 Å². The molecular weight excluding hydrogens is 410 g/mol. The van der Waals surface area contributed by atoms with Crippen LogP contribution in [0.3, 0.4) is 0 Å². The third-order valence-corrected chi connectivity index (χ3v) is 5.24. The average molecular weight is 474 g/mol. The number of nitrogens with one attached hydrogen (secondary N) is 1. The van der Waals surface area contributed by atoms with E-state index in [0.717, 1.165) is 12.8 Å². The second kappa shape index (κ2) is 38.2. The van der Waals surface area contributed by atoms with E-state index >= 15 is 0 Å². The van der Waals surface area contributed by atoms with Crippen LogP contribution in [0.25, 0.3) is 0 Å². The van der Waals surface area contributed by atoms with Gasteiger partial charge in [0.15, 0.2) is 0 Å². The molecule has 0 aromatic carbocycles. The van der Waals surface area contributed by atoms with Gasteiger partial charge in [-0.1, -0.05) is 138 Å². The SMILES string of the molecule is CC.CC.CCCCCCCCCCCCCCCCCC(=O)NC(C)CC(C)C.O=CO. The first kappa shape index (κ1) is 39.2.